The van der Waals surface area contributed by atoms with Crippen molar-refractivity contribution in [3.05, 3.63) is 63.6 Å². The largest absolute Gasteiger partial charge is 0.462 e. The number of hydrogen-bond donors (Lipinski definition) is 2. The number of aliphatic imine (C=N–C) groups is 1. The van der Waals surface area contributed by atoms with Crippen LogP contribution in [-0.2, 0) is 11.3 Å². The van der Waals surface area contributed by atoms with Gasteiger partial charge in [-0.15, -0.1) is 35.3 Å². The molecule has 1 aromatic heterocycles. The summed E-state index contributed by atoms with van der Waals surface area (Å²) in [6, 6.07) is 14.6. The third kappa shape index (κ3) is 5.91. The van der Waals surface area contributed by atoms with Gasteiger partial charge in [-0.05, 0) is 43.2 Å². The van der Waals surface area contributed by atoms with Crippen molar-refractivity contribution >= 4 is 58.0 Å². The fraction of sp³-hybridized carbons (Fsp3) is 0.318. The van der Waals surface area contributed by atoms with Crippen LogP contribution in [0.3, 0.4) is 0 Å². The van der Waals surface area contributed by atoms with Crippen LogP contribution in [0.25, 0.3) is 10.8 Å². The molecule has 0 aliphatic carbocycles. The highest BCUT2D eigenvalue weighted by atomic mass is 127. The minimum absolute atomic E-state index is 0. The lowest BCUT2D eigenvalue weighted by molar-refractivity contribution is 0.0531. The van der Waals surface area contributed by atoms with Gasteiger partial charge in [0.1, 0.15) is 9.88 Å². The Morgan fingerprint density at radius 3 is 2.67 bits per heavy atom. The molecule has 0 amide bonds. The van der Waals surface area contributed by atoms with Crippen LogP contribution in [0.1, 0.15) is 45.8 Å². The first-order valence-electron chi connectivity index (χ1n) is 9.61. The van der Waals surface area contributed by atoms with Crippen LogP contribution >= 0.6 is 35.3 Å². The molecule has 2 N–H and O–H groups in total. The maximum Gasteiger partial charge on any atom is 0.350 e. The number of halogens is 1. The second-order valence-electron chi connectivity index (χ2n) is 6.66. The Labute approximate surface area is 198 Å². The van der Waals surface area contributed by atoms with Crippen LogP contribution in [0.15, 0.2) is 47.5 Å². The van der Waals surface area contributed by atoms with Crippen LogP contribution in [0.4, 0.5) is 0 Å². The molecule has 0 saturated carbocycles. The molecular formula is C22H27IN4O2S. The Kier molecular flexibility index (Phi) is 9.04. The number of carbonyl (C=O) groups excluding carboxylic acids is 1. The summed E-state index contributed by atoms with van der Waals surface area (Å²) in [6.45, 7) is 6.62. The fourth-order valence-electron chi connectivity index (χ4n) is 2.98. The first-order chi connectivity index (χ1) is 14.0. The van der Waals surface area contributed by atoms with E-state index < -0.39 is 0 Å². The van der Waals surface area contributed by atoms with Gasteiger partial charge in [0.05, 0.1) is 18.3 Å². The van der Waals surface area contributed by atoms with E-state index in [0.29, 0.717) is 29.7 Å². The maximum atomic E-state index is 12.0. The average Bonchev–Trinajstić information content (AvgIpc) is 3.13. The van der Waals surface area contributed by atoms with Gasteiger partial charge in [0.2, 0.25) is 0 Å². The molecule has 30 heavy (non-hydrogen) atoms. The zero-order valence-electron chi connectivity index (χ0n) is 17.6. The number of fused-ring (bicyclic) bond motifs is 1. The molecule has 1 unspecified atom stereocenters. The summed E-state index contributed by atoms with van der Waals surface area (Å²) in [4.78, 5) is 21.4. The number of benzene rings is 2. The monoisotopic (exact) mass is 538 g/mol. The second kappa shape index (κ2) is 11.3. The highest BCUT2D eigenvalue weighted by Gasteiger charge is 2.20. The number of thiazole rings is 1. The molecule has 0 radical (unpaired) electrons. The van der Waals surface area contributed by atoms with E-state index in [1.807, 2.05) is 26.0 Å². The number of rotatable bonds is 6. The zero-order chi connectivity index (χ0) is 20.8. The van der Waals surface area contributed by atoms with Gasteiger partial charge in [-0.2, -0.15) is 0 Å². The first kappa shape index (κ1) is 24.1. The van der Waals surface area contributed by atoms with E-state index in [2.05, 4.69) is 50.9 Å². The van der Waals surface area contributed by atoms with Gasteiger partial charge in [-0.25, -0.2) is 9.78 Å². The van der Waals surface area contributed by atoms with Gasteiger partial charge in [-0.1, -0.05) is 36.4 Å². The van der Waals surface area contributed by atoms with Gasteiger partial charge >= 0.3 is 5.97 Å². The summed E-state index contributed by atoms with van der Waals surface area (Å²) in [5, 5.41) is 9.94. The Hall–Kier alpha value is -2.20. The highest BCUT2D eigenvalue weighted by molar-refractivity contribution is 14.0. The molecule has 0 bridgehead atoms. The van der Waals surface area contributed by atoms with E-state index in [9.17, 15) is 4.79 Å². The molecule has 1 atom stereocenters. The minimum Gasteiger partial charge on any atom is -0.462 e. The summed E-state index contributed by atoms with van der Waals surface area (Å²) >= 11 is 1.35. The number of nitrogens with zero attached hydrogens (tertiary/aromatic N) is 2. The van der Waals surface area contributed by atoms with Crippen LogP contribution < -0.4 is 10.6 Å². The molecule has 0 aliphatic heterocycles. The summed E-state index contributed by atoms with van der Waals surface area (Å²) in [5.74, 6) is 0.357. The SMILES string of the molecule is CCOC(=O)c1sc(C(C)NC(=NC)NCc2ccc3ccccc3c2)nc1C.I. The van der Waals surface area contributed by atoms with Gasteiger partial charge in [-0.3, -0.25) is 4.99 Å². The van der Waals surface area contributed by atoms with Crippen molar-refractivity contribution < 1.29 is 9.53 Å². The number of hydrogen-bond acceptors (Lipinski definition) is 5. The molecule has 0 fully saturated rings. The molecule has 1 heterocycles. The lowest BCUT2D eigenvalue weighted by Gasteiger charge is -2.16. The van der Waals surface area contributed by atoms with E-state index in [-0.39, 0.29) is 36.0 Å². The van der Waals surface area contributed by atoms with Crippen LogP contribution in [0.5, 0.6) is 0 Å². The van der Waals surface area contributed by atoms with Crippen molar-refractivity contribution in [3.63, 3.8) is 0 Å². The number of aryl methyl sites for hydroxylation is 1. The summed E-state index contributed by atoms with van der Waals surface area (Å²) < 4.78 is 5.10. The second-order valence-corrected chi connectivity index (χ2v) is 7.69. The van der Waals surface area contributed by atoms with Gasteiger partial charge < -0.3 is 15.4 Å². The third-order valence-electron chi connectivity index (χ3n) is 4.50. The van der Waals surface area contributed by atoms with Crippen molar-refractivity contribution in [2.24, 2.45) is 4.99 Å². The number of carbonyl (C=O) groups is 1. The molecular weight excluding hydrogens is 511 g/mol. The summed E-state index contributed by atoms with van der Waals surface area (Å²) in [6.07, 6.45) is 0. The summed E-state index contributed by atoms with van der Waals surface area (Å²) in [5.41, 5.74) is 1.87. The predicted molar refractivity (Wildman–Crippen MR) is 134 cm³/mol. The number of esters is 1. The average molecular weight is 538 g/mol. The smallest absolute Gasteiger partial charge is 0.350 e. The highest BCUT2D eigenvalue weighted by Crippen LogP contribution is 2.24. The lowest BCUT2D eigenvalue weighted by atomic mass is 10.1. The van der Waals surface area contributed by atoms with Crippen LogP contribution in [-0.4, -0.2) is 30.6 Å². The third-order valence-corrected chi connectivity index (χ3v) is 5.82. The molecule has 0 spiro atoms. The maximum absolute atomic E-state index is 12.0. The fourth-order valence-corrected chi connectivity index (χ4v) is 3.95. The Morgan fingerprint density at radius 2 is 1.97 bits per heavy atom. The normalized spacial score (nSPS) is 12.2. The zero-order valence-corrected chi connectivity index (χ0v) is 20.7. The van der Waals surface area contributed by atoms with Crippen molar-refractivity contribution in [2.75, 3.05) is 13.7 Å². The Morgan fingerprint density at radius 1 is 1.23 bits per heavy atom. The van der Waals surface area contributed by atoms with E-state index in [1.165, 1.54) is 27.7 Å². The topological polar surface area (TPSA) is 75.6 Å². The first-order valence-corrected chi connectivity index (χ1v) is 10.4. The van der Waals surface area contributed by atoms with Gasteiger partial charge in [0.15, 0.2) is 5.96 Å². The van der Waals surface area contributed by atoms with E-state index >= 15 is 0 Å². The molecule has 3 rings (SSSR count). The number of aromatic nitrogens is 1. The quantitative estimate of drug-likeness (QED) is 0.204. The molecule has 0 saturated heterocycles. The van der Waals surface area contributed by atoms with Crippen molar-refractivity contribution in [1.82, 2.24) is 15.6 Å². The summed E-state index contributed by atoms with van der Waals surface area (Å²) in [7, 11) is 1.74. The minimum atomic E-state index is -0.320. The van der Waals surface area contributed by atoms with Gasteiger partial charge in [0, 0.05) is 13.6 Å². The number of guanidine groups is 1. The van der Waals surface area contributed by atoms with Crippen molar-refractivity contribution in [3.8, 4) is 0 Å². The molecule has 0 aliphatic rings. The number of nitrogens with one attached hydrogen (secondary N) is 2. The Balaban J connectivity index is 0.00000320. The van der Waals surface area contributed by atoms with Crippen LogP contribution in [0.2, 0.25) is 0 Å². The van der Waals surface area contributed by atoms with Gasteiger partial charge in [0.25, 0.3) is 0 Å². The standard InChI is InChI=1S/C22H26N4O2S.HI/c1-5-28-21(27)19-14(2)25-20(29-19)15(3)26-22(23-4)24-13-16-10-11-17-8-6-7-9-18(17)12-16;/h6-12,15H,5,13H2,1-4H3,(H2,23,24,26);1H. The molecule has 160 valence electrons. The lowest BCUT2D eigenvalue weighted by Crippen LogP contribution is -2.38. The molecule has 8 heteroatoms. The van der Waals surface area contributed by atoms with E-state index in [0.717, 1.165) is 5.01 Å². The van der Waals surface area contributed by atoms with Crippen LogP contribution in [0, 0.1) is 6.92 Å². The predicted octanol–water partition coefficient (Wildman–Crippen LogP) is 4.83. The van der Waals surface area contributed by atoms with E-state index in [1.54, 1.807) is 14.0 Å². The molecule has 2 aromatic carbocycles. The molecule has 3 aromatic rings. The molecule has 6 nitrogen and oxygen atoms in total. The van der Waals surface area contributed by atoms with Crippen molar-refractivity contribution in [1.29, 1.82) is 0 Å². The Bertz CT molecular complexity index is 1030. The number of ether oxygens (including phenoxy) is 1. The van der Waals surface area contributed by atoms with E-state index in [4.69, 9.17) is 4.74 Å². The van der Waals surface area contributed by atoms with Crippen molar-refractivity contribution in [2.45, 2.75) is 33.4 Å².